The highest BCUT2D eigenvalue weighted by Crippen LogP contribution is 2.28. The first-order valence-electron chi connectivity index (χ1n) is 6.24. The largest absolute Gasteiger partial charge is 0.491 e. The second-order valence-electron chi connectivity index (χ2n) is 4.23. The molecule has 4 heteroatoms. The Balaban J connectivity index is 2.14. The number of nitrogen functional groups attached to an aromatic ring is 1. The van der Waals surface area contributed by atoms with Gasteiger partial charge in [-0.3, -0.25) is 0 Å². The Labute approximate surface area is 121 Å². The quantitative estimate of drug-likeness (QED) is 0.794. The number of nitrogens with two attached hydrogens (primary N) is 1. The molecule has 0 unspecified atom stereocenters. The van der Waals surface area contributed by atoms with E-state index >= 15 is 0 Å². The maximum atomic E-state index is 5.88. The third-order valence-electron chi connectivity index (χ3n) is 2.61. The lowest BCUT2D eigenvalue weighted by atomic mass is 10.2. The van der Waals surface area contributed by atoms with Crippen molar-refractivity contribution in [1.82, 2.24) is 0 Å². The SMILES string of the molecule is CCCOc1cc(Nc2ccc(Br)cc2)ccc1N. The van der Waals surface area contributed by atoms with Gasteiger partial charge in [0.05, 0.1) is 12.3 Å². The predicted molar refractivity (Wildman–Crippen MR) is 84.1 cm³/mol. The second kappa shape index (κ2) is 6.48. The van der Waals surface area contributed by atoms with E-state index in [4.69, 9.17) is 10.5 Å². The molecule has 2 aromatic rings. The maximum absolute atomic E-state index is 5.88. The molecule has 0 amide bonds. The van der Waals surface area contributed by atoms with Gasteiger partial charge >= 0.3 is 0 Å². The lowest BCUT2D eigenvalue weighted by Crippen LogP contribution is -2.00. The number of nitrogens with one attached hydrogen (secondary N) is 1. The fourth-order valence-corrected chi connectivity index (χ4v) is 1.91. The number of benzene rings is 2. The van der Waals surface area contributed by atoms with Crippen LogP contribution in [0.5, 0.6) is 5.75 Å². The Kier molecular flexibility index (Phi) is 4.68. The van der Waals surface area contributed by atoms with Crippen molar-refractivity contribution >= 4 is 33.0 Å². The van der Waals surface area contributed by atoms with Crippen molar-refractivity contribution < 1.29 is 4.74 Å². The molecule has 0 bridgehead atoms. The van der Waals surface area contributed by atoms with E-state index in [1.54, 1.807) is 0 Å². The number of ether oxygens (including phenoxy) is 1. The Morgan fingerprint density at radius 3 is 2.47 bits per heavy atom. The predicted octanol–water partition coefficient (Wildman–Crippen LogP) is 4.56. The minimum absolute atomic E-state index is 0.662. The van der Waals surface area contributed by atoms with Crippen molar-refractivity contribution in [3.63, 3.8) is 0 Å². The summed E-state index contributed by atoms with van der Waals surface area (Å²) < 4.78 is 6.67. The molecule has 0 heterocycles. The minimum Gasteiger partial charge on any atom is -0.491 e. The van der Waals surface area contributed by atoms with Crippen molar-refractivity contribution in [1.29, 1.82) is 0 Å². The lowest BCUT2D eigenvalue weighted by Gasteiger charge is -2.11. The van der Waals surface area contributed by atoms with Crippen molar-refractivity contribution in [2.75, 3.05) is 17.7 Å². The summed E-state index contributed by atoms with van der Waals surface area (Å²) in [5.74, 6) is 0.726. The Hall–Kier alpha value is -1.68. The van der Waals surface area contributed by atoms with Gasteiger partial charge in [0, 0.05) is 21.9 Å². The molecule has 0 saturated heterocycles. The molecule has 0 aliphatic heterocycles. The van der Waals surface area contributed by atoms with Crippen LogP contribution in [0.2, 0.25) is 0 Å². The van der Waals surface area contributed by atoms with Crippen LogP contribution in [-0.2, 0) is 0 Å². The van der Waals surface area contributed by atoms with Gasteiger partial charge in [-0.1, -0.05) is 22.9 Å². The van der Waals surface area contributed by atoms with Gasteiger partial charge in [0.1, 0.15) is 5.75 Å². The summed E-state index contributed by atoms with van der Waals surface area (Å²) in [6, 6.07) is 13.7. The van der Waals surface area contributed by atoms with E-state index in [0.29, 0.717) is 12.3 Å². The van der Waals surface area contributed by atoms with E-state index < -0.39 is 0 Å². The lowest BCUT2D eigenvalue weighted by molar-refractivity contribution is 0.319. The van der Waals surface area contributed by atoms with Gasteiger partial charge < -0.3 is 15.8 Å². The molecule has 19 heavy (non-hydrogen) atoms. The van der Waals surface area contributed by atoms with Crippen LogP contribution >= 0.6 is 15.9 Å². The summed E-state index contributed by atoms with van der Waals surface area (Å²) in [4.78, 5) is 0. The molecule has 0 saturated carbocycles. The minimum atomic E-state index is 0.662. The maximum Gasteiger partial charge on any atom is 0.144 e. The summed E-state index contributed by atoms with van der Waals surface area (Å²) in [5.41, 5.74) is 8.53. The molecule has 100 valence electrons. The first-order chi connectivity index (χ1) is 9.19. The molecule has 0 aliphatic rings. The van der Waals surface area contributed by atoms with E-state index in [-0.39, 0.29) is 0 Å². The van der Waals surface area contributed by atoms with E-state index in [1.807, 2.05) is 42.5 Å². The zero-order chi connectivity index (χ0) is 13.7. The molecule has 0 fully saturated rings. The second-order valence-corrected chi connectivity index (χ2v) is 5.15. The molecule has 2 aromatic carbocycles. The van der Waals surface area contributed by atoms with Crippen LogP contribution in [0, 0.1) is 0 Å². The van der Waals surface area contributed by atoms with Crippen LogP contribution in [0.3, 0.4) is 0 Å². The molecule has 0 atom stereocenters. The van der Waals surface area contributed by atoms with Crippen LogP contribution < -0.4 is 15.8 Å². The van der Waals surface area contributed by atoms with Gasteiger partial charge in [0.15, 0.2) is 0 Å². The van der Waals surface area contributed by atoms with Crippen molar-refractivity contribution in [3.05, 3.63) is 46.9 Å². The number of halogens is 1. The zero-order valence-corrected chi connectivity index (χ0v) is 12.4. The summed E-state index contributed by atoms with van der Waals surface area (Å²) in [6.07, 6.45) is 0.962. The smallest absolute Gasteiger partial charge is 0.144 e. The molecule has 3 N–H and O–H groups in total. The molecule has 0 spiro atoms. The summed E-state index contributed by atoms with van der Waals surface area (Å²) in [5, 5.41) is 3.32. The zero-order valence-electron chi connectivity index (χ0n) is 10.8. The molecular formula is C15H17BrN2O. The summed E-state index contributed by atoms with van der Waals surface area (Å²) in [7, 11) is 0. The van der Waals surface area contributed by atoms with Crippen LogP contribution in [-0.4, -0.2) is 6.61 Å². The average molecular weight is 321 g/mol. The highest BCUT2D eigenvalue weighted by atomic mass is 79.9. The van der Waals surface area contributed by atoms with Gasteiger partial charge in [-0.2, -0.15) is 0 Å². The standard InChI is InChI=1S/C15H17BrN2O/c1-2-9-19-15-10-13(7-8-14(15)17)18-12-5-3-11(16)4-6-12/h3-8,10,18H,2,9,17H2,1H3. The molecule has 0 aliphatic carbocycles. The van der Waals surface area contributed by atoms with Gasteiger partial charge in [0.25, 0.3) is 0 Å². The summed E-state index contributed by atoms with van der Waals surface area (Å²) in [6.45, 7) is 2.74. The van der Waals surface area contributed by atoms with Crippen molar-refractivity contribution in [3.8, 4) is 5.75 Å². The van der Waals surface area contributed by atoms with Gasteiger partial charge in [-0.05, 0) is 42.8 Å². The molecule has 0 radical (unpaired) electrons. The number of rotatable bonds is 5. The fourth-order valence-electron chi connectivity index (χ4n) is 1.65. The van der Waals surface area contributed by atoms with Gasteiger partial charge in [-0.25, -0.2) is 0 Å². The van der Waals surface area contributed by atoms with Crippen LogP contribution in [0.15, 0.2) is 46.9 Å². The number of anilines is 3. The molecule has 2 rings (SSSR count). The molecular weight excluding hydrogens is 304 g/mol. The number of hydrogen-bond acceptors (Lipinski definition) is 3. The third kappa shape index (κ3) is 3.89. The topological polar surface area (TPSA) is 47.3 Å². The molecule has 0 aromatic heterocycles. The highest BCUT2D eigenvalue weighted by molar-refractivity contribution is 9.10. The first-order valence-corrected chi connectivity index (χ1v) is 7.03. The Morgan fingerprint density at radius 2 is 1.79 bits per heavy atom. The van der Waals surface area contributed by atoms with Crippen LogP contribution in [0.1, 0.15) is 13.3 Å². The van der Waals surface area contributed by atoms with E-state index in [1.165, 1.54) is 0 Å². The van der Waals surface area contributed by atoms with Crippen LogP contribution in [0.4, 0.5) is 17.1 Å². The number of hydrogen-bond donors (Lipinski definition) is 2. The normalized spacial score (nSPS) is 10.2. The average Bonchev–Trinajstić information content (AvgIpc) is 2.42. The third-order valence-corrected chi connectivity index (χ3v) is 3.14. The van der Waals surface area contributed by atoms with E-state index in [0.717, 1.165) is 28.0 Å². The van der Waals surface area contributed by atoms with Gasteiger partial charge in [-0.15, -0.1) is 0 Å². The Morgan fingerprint density at radius 1 is 1.11 bits per heavy atom. The first kappa shape index (κ1) is 13.7. The monoisotopic (exact) mass is 320 g/mol. The Bertz CT molecular complexity index is 540. The summed E-state index contributed by atoms with van der Waals surface area (Å²) >= 11 is 3.42. The molecule has 3 nitrogen and oxygen atoms in total. The fraction of sp³-hybridized carbons (Fsp3) is 0.200. The van der Waals surface area contributed by atoms with Crippen LogP contribution in [0.25, 0.3) is 0 Å². The van der Waals surface area contributed by atoms with Crippen molar-refractivity contribution in [2.45, 2.75) is 13.3 Å². The highest BCUT2D eigenvalue weighted by Gasteiger charge is 2.02. The van der Waals surface area contributed by atoms with E-state index in [2.05, 4.69) is 28.2 Å². The van der Waals surface area contributed by atoms with Gasteiger partial charge in [0.2, 0.25) is 0 Å². The van der Waals surface area contributed by atoms with Crippen molar-refractivity contribution in [2.24, 2.45) is 0 Å². The van der Waals surface area contributed by atoms with E-state index in [9.17, 15) is 0 Å².